The van der Waals surface area contributed by atoms with Crippen LogP contribution in [0.15, 0.2) is 37.3 Å². The molecule has 0 aliphatic rings. The second-order valence-electron chi connectivity index (χ2n) is 4.49. The number of aromatic nitrogens is 1. The number of pyridine rings is 1. The Labute approximate surface area is 148 Å². The number of rotatable bonds is 6. The van der Waals surface area contributed by atoms with E-state index in [2.05, 4.69) is 77.1 Å². The summed E-state index contributed by atoms with van der Waals surface area (Å²) >= 11 is 12.4. The quantitative estimate of drug-likeness (QED) is 0.570. The molecule has 2 nitrogen and oxygen atoms in total. The van der Waals surface area contributed by atoms with Crippen molar-refractivity contribution in [3.63, 3.8) is 0 Å². The molecular formula is C14H15Br3N2S. The van der Waals surface area contributed by atoms with Crippen LogP contribution in [0.3, 0.4) is 0 Å². The van der Waals surface area contributed by atoms with Crippen molar-refractivity contribution in [2.45, 2.75) is 25.8 Å². The van der Waals surface area contributed by atoms with Gasteiger partial charge in [-0.3, -0.25) is 4.98 Å². The van der Waals surface area contributed by atoms with Crippen molar-refractivity contribution in [2.75, 3.05) is 6.54 Å². The molecule has 1 unspecified atom stereocenters. The van der Waals surface area contributed by atoms with Crippen LogP contribution in [0.1, 0.15) is 29.8 Å². The van der Waals surface area contributed by atoms with Gasteiger partial charge in [0.05, 0.1) is 3.79 Å². The predicted octanol–water partition coefficient (Wildman–Crippen LogP) is 5.71. The van der Waals surface area contributed by atoms with Crippen molar-refractivity contribution < 1.29 is 0 Å². The highest BCUT2D eigenvalue weighted by molar-refractivity contribution is 9.13. The molecule has 108 valence electrons. The highest BCUT2D eigenvalue weighted by atomic mass is 79.9. The highest BCUT2D eigenvalue weighted by Crippen LogP contribution is 2.36. The van der Waals surface area contributed by atoms with E-state index in [1.54, 1.807) is 11.3 Å². The van der Waals surface area contributed by atoms with Crippen molar-refractivity contribution in [1.29, 1.82) is 0 Å². The van der Waals surface area contributed by atoms with E-state index in [0.717, 1.165) is 32.1 Å². The summed E-state index contributed by atoms with van der Waals surface area (Å²) in [5, 5.41) is 3.62. The van der Waals surface area contributed by atoms with Crippen LogP contribution in [-0.4, -0.2) is 11.5 Å². The van der Waals surface area contributed by atoms with Crippen LogP contribution in [0.5, 0.6) is 0 Å². The Bertz CT molecular complexity index is 552. The maximum Gasteiger partial charge on any atom is 0.0843 e. The molecular weight excluding hydrogens is 468 g/mol. The summed E-state index contributed by atoms with van der Waals surface area (Å²) in [6.07, 6.45) is 5.81. The van der Waals surface area contributed by atoms with Gasteiger partial charge in [-0.1, -0.05) is 6.92 Å². The number of halogens is 3. The fraction of sp³-hybridized carbons (Fsp3) is 0.357. The molecule has 0 aliphatic heterocycles. The van der Waals surface area contributed by atoms with Crippen molar-refractivity contribution in [3.8, 4) is 0 Å². The van der Waals surface area contributed by atoms with E-state index in [1.807, 2.05) is 12.4 Å². The molecule has 20 heavy (non-hydrogen) atoms. The molecule has 0 spiro atoms. The van der Waals surface area contributed by atoms with Crippen LogP contribution in [0.2, 0.25) is 0 Å². The summed E-state index contributed by atoms with van der Waals surface area (Å²) in [4.78, 5) is 5.57. The van der Waals surface area contributed by atoms with Gasteiger partial charge in [0.2, 0.25) is 0 Å². The van der Waals surface area contributed by atoms with E-state index < -0.39 is 0 Å². The predicted molar refractivity (Wildman–Crippen MR) is 96.4 cm³/mol. The van der Waals surface area contributed by atoms with Crippen LogP contribution in [0, 0.1) is 0 Å². The van der Waals surface area contributed by atoms with Crippen LogP contribution >= 0.6 is 59.1 Å². The molecule has 2 rings (SSSR count). The summed E-state index contributed by atoms with van der Waals surface area (Å²) < 4.78 is 3.29. The van der Waals surface area contributed by atoms with Gasteiger partial charge >= 0.3 is 0 Å². The number of nitrogens with one attached hydrogen (secondary N) is 1. The molecule has 0 saturated carbocycles. The van der Waals surface area contributed by atoms with Gasteiger partial charge in [0, 0.05) is 32.3 Å². The van der Waals surface area contributed by atoms with Gasteiger partial charge < -0.3 is 5.32 Å². The van der Waals surface area contributed by atoms with Crippen molar-refractivity contribution in [3.05, 3.63) is 47.7 Å². The topological polar surface area (TPSA) is 24.9 Å². The Morgan fingerprint density at radius 1 is 1.25 bits per heavy atom. The lowest BCUT2D eigenvalue weighted by Crippen LogP contribution is -2.23. The standard InChI is InChI=1S/C14H15Br3N2S/c1-2-3-19-12(13-6-11(16)14(17)20-13)5-9-4-10(15)8-18-7-9/h4,6-8,12,19H,2-3,5H2,1H3. The van der Waals surface area contributed by atoms with Crippen LogP contribution in [0.4, 0.5) is 0 Å². The van der Waals surface area contributed by atoms with Gasteiger partial charge in [-0.05, 0) is 84.9 Å². The third-order valence-electron chi connectivity index (χ3n) is 2.85. The van der Waals surface area contributed by atoms with Crippen LogP contribution < -0.4 is 5.32 Å². The van der Waals surface area contributed by atoms with E-state index in [4.69, 9.17) is 0 Å². The molecule has 0 fully saturated rings. The van der Waals surface area contributed by atoms with Crippen molar-refractivity contribution in [2.24, 2.45) is 0 Å². The van der Waals surface area contributed by atoms with Gasteiger partial charge in [-0.25, -0.2) is 0 Å². The van der Waals surface area contributed by atoms with Crippen LogP contribution in [-0.2, 0) is 6.42 Å². The lowest BCUT2D eigenvalue weighted by molar-refractivity contribution is 0.536. The monoisotopic (exact) mass is 480 g/mol. The molecule has 1 N–H and O–H groups in total. The second-order valence-corrected chi connectivity index (χ2v) is 8.66. The van der Waals surface area contributed by atoms with Gasteiger partial charge in [0.25, 0.3) is 0 Å². The molecule has 0 aromatic carbocycles. The third kappa shape index (κ3) is 4.63. The third-order valence-corrected chi connectivity index (χ3v) is 6.65. The molecule has 0 amide bonds. The van der Waals surface area contributed by atoms with Gasteiger partial charge in [0.1, 0.15) is 0 Å². The molecule has 2 heterocycles. The van der Waals surface area contributed by atoms with E-state index >= 15 is 0 Å². The molecule has 0 radical (unpaired) electrons. The summed E-state index contributed by atoms with van der Waals surface area (Å²) in [6, 6.07) is 4.64. The molecule has 2 aromatic rings. The van der Waals surface area contributed by atoms with Crippen molar-refractivity contribution in [1.82, 2.24) is 10.3 Å². The minimum Gasteiger partial charge on any atom is -0.309 e. The first-order chi connectivity index (χ1) is 9.60. The molecule has 0 saturated heterocycles. The normalized spacial score (nSPS) is 12.6. The summed E-state index contributed by atoms with van der Waals surface area (Å²) in [5.41, 5.74) is 1.23. The highest BCUT2D eigenvalue weighted by Gasteiger charge is 2.16. The van der Waals surface area contributed by atoms with E-state index in [9.17, 15) is 0 Å². The number of hydrogen-bond acceptors (Lipinski definition) is 3. The first kappa shape index (κ1) is 16.6. The van der Waals surface area contributed by atoms with E-state index in [0.29, 0.717) is 6.04 Å². The fourth-order valence-corrected chi connectivity index (χ4v) is 4.51. The molecule has 6 heteroatoms. The Balaban J connectivity index is 2.19. The van der Waals surface area contributed by atoms with Gasteiger partial charge in [-0.15, -0.1) is 11.3 Å². The minimum absolute atomic E-state index is 0.318. The number of thiophene rings is 1. The number of nitrogens with zero attached hydrogens (tertiary/aromatic N) is 1. The zero-order chi connectivity index (χ0) is 14.5. The molecule has 0 aliphatic carbocycles. The SMILES string of the molecule is CCCNC(Cc1cncc(Br)c1)c1cc(Br)c(Br)s1. The first-order valence-corrected chi connectivity index (χ1v) is 9.57. The molecule has 0 bridgehead atoms. The zero-order valence-electron chi connectivity index (χ0n) is 11.0. The average molecular weight is 483 g/mol. The largest absolute Gasteiger partial charge is 0.309 e. The van der Waals surface area contributed by atoms with E-state index in [1.165, 1.54) is 10.4 Å². The van der Waals surface area contributed by atoms with Crippen molar-refractivity contribution >= 4 is 59.1 Å². The Kier molecular flexibility index (Phi) is 6.68. The Morgan fingerprint density at radius 3 is 2.65 bits per heavy atom. The van der Waals surface area contributed by atoms with Gasteiger partial charge in [-0.2, -0.15) is 0 Å². The molecule has 2 aromatic heterocycles. The lowest BCUT2D eigenvalue weighted by Gasteiger charge is -2.17. The summed E-state index contributed by atoms with van der Waals surface area (Å²) in [7, 11) is 0. The minimum atomic E-state index is 0.318. The maximum absolute atomic E-state index is 4.24. The maximum atomic E-state index is 4.24. The summed E-state index contributed by atoms with van der Waals surface area (Å²) in [6.45, 7) is 3.20. The molecule has 1 atom stereocenters. The fourth-order valence-electron chi connectivity index (χ4n) is 1.93. The first-order valence-electron chi connectivity index (χ1n) is 6.37. The average Bonchev–Trinajstić information content (AvgIpc) is 2.74. The van der Waals surface area contributed by atoms with E-state index in [-0.39, 0.29) is 0 Å². The lowest BCUT2D eigenvalue weighted by atomic mass is 10.1. The Morgan fingerprint density at radius 2 is 2.05 bits per heavy atom. The number of hydrogen-bond donors (Lipinski definition) is 1. The van der Waals surface area contributed by atoms with Gasteiger partial charge in [0.15, 0.2) is 0 Å². The zero-order valence-corrected chi connectivity index (χ0v) is 16.6. The smallest absolute Gasteiger partial charge is 0.0843 e. The summed E-state index contributed by atoms with van der Waals surface area (Å²) in [5.74, 6) is 0. The second kappa shape index (κ2) is 8.03. The van der Waals surface area contributed by atoms with Crippen LogP contribution in [0.25, 0.3) is 0 Å². The Hall–Kier alpha value is 0.250.